The van der Waals surface area contributed by atoms with Crippen molar-refractivity contribution in [3.05, 3.63) is 0 Å². The molecule has 1 nitrogen and oxygen atoms in total. The van der Waals surface area contributed by atoms with Crippen LogP contribution in [0.15, 0.2) is 0 Å². The molecule has 0 bridgehead atoms. The molecular formula is C16H36FLiN. The van der Waals surface area contributed by atoms with Crippen LogP contribution in [-0.2, 0) is 0 Å². The molecule has 0 amide bonds. The average molecular weight is 268 g/mol. The molecule has 0 aliphatic carbocycles. The molecule has 0 aromatic carbocycles. The molecule has 0 aliphatic rings. The Bertz CT molecular complexity index is 127. The van der Waals surface area contributed by atoms with E-state index in [1.54, 1.807) is 0 Å². The largest absolute Gasteiger partial charge is 1.00 e. The van der Waals surface area contributed by atoms with Crippen LogP contribution in [0.5, 0.6) is 0 Å². The van der Waals surface area contributed by atoms with Gasteiger partial charge in [-0.2, -0.15) is 0 Å². The van der Waals surface area contributed by atoms with E-state index in [1.165, 1.54) is 82.0 Å². The number of hydrogen-bond donors (Lipinski definition) is 0. The molecule has 0 atom stereocenters. The number of halogens is 1. The van der Waals surface area contributed by atoms with Gasteiger partial charge in [0, 0.05) is 18.9 Å². The van der Waals surface area contributed by atoms with Crippen molar-refractivity contribution < 1.29 is 9.19 Å². The Morgan fingerprint density at radius 2 is 0.737 bits per heavy atom. The maximum Gasteiger partial charge on any atom is 0.0786 e. The van der Waals surface area contributed by atoms with Gasteiger partial charge in [-0.1, -0.05) is 53.4 Å². The van der Waals surface area contributed by atoms with E-state index in [1.807, 2.05) is 0 Å². The predicted octanol–water partition coefficient (Wildman–Crippen LogP) is 1.63. The SMILES string of the molecule is CCCC[N+](CCCC)(CCCC)CCCC.[F-].[Li]. The van der Waals surface area contributed by atoms with Crippen molar-refractivity contribution in [3.63, 3.8) is 0 Å². The van der Waals surface area contributed by atoms with Gasteiger partial charge in [0.05, 0.1) is 26.2 Å². The van der Waals surface area contributed by atoms with E-state index in [-0.39, 0.29) is 23.6 Å². The summed E-state index contributed by atoms with van der Waals surface area (Å²) in [5, 5.41) is 0. The van der Waals surface area contributed by atoms with Crippen molar-refractivity contribution in [2.75, 3.05) is 26.2 Å². The fraction of sp³-hybridized carbons (Fsp3) is 1.00. The number of quaternary nitrogens is 1. The maximum absolute atomic E-state index is 2.33. The standard InChI is InChI=1S/C16H36N.FH.Li/c1-5-9-13-17(14-10-6-2,15-11-7-3)16-12-8-4;;/h5-16H2,1-4H3;1H;/q+1;;/p-1. The summed E-state index contributed by atoms with van der Waals surface area (Å²) in [7, 11) is 0. The Kier molecular flexibility index (Phi) is 21.3. The third-order valence-corrected chi connectivity index (χ3v) is 3.94. The molecule has 0 aliphatic heterocycles. The molecule has 3 heteroatoms. The molecule has 113 valence electrons. The van der Waals surface area contributed by atoms with E-state index in [2.05, 4.69) is 27.7 Å². The van der Waals surface area contributed by atoms with E-state index in [0.29, 0.717) is 0 Å². The molecule has 1 radical (unpaired) electrons. The molecule has 0 spiro atoms. The molecule has 0 N–H and O–H groups in total. The molecule has 0 rings (SSSR count). The third-order valence-electron chi connectivity index (χ3n) is 3.94. The molecule has 0 unspecified atom stereocenters. The number of unbranched alkanes of at least 4 members (excludes halogenated alkanes) is 4. The van der Waals surface area contributed by atoms with Gasteiger partial charge < -0.3 is 9.19 Å². The van der Waals surface area contributed by atoms with Gasteiger partial charge >= 0.3 is 0 Å². The Morgan fingerprint density at radius 3 is 0.895 bits per heavy atom. The monoisotopic (exact) mass is 268 g/mol. The van der Waals surface area contributed by atoms with Gasteiger partial charge in [0.1, 0.15) is 0 Å². The van der Waals surface area contributed by atoms with Gasteiger partial charge in [-0.05, 0) is 25.7 Å². The zero-order valence-corrected chi connectivity index (χ0v) is 14.3. The van der Waals surface area contributed by atoms with Crippen molar-refractivity contribution in [2.24, 2.45) is 0 Å². The molecule has 0 saturated carbocycles. The van der Waals surface area contributed by atoms with Crippen molar-refractivity contribution in [2.45, 2.75) is 79.1 Å². The first kappa shape index (κ1) is 24.5. The number of rotatable bonds is 12. The van der Waals surface area contributed by atoms with Crippen LogP contribution < -0.4 is 4.70 Å². The van der Waals surface area contributed by atoms with Crippen LogP contribution in [0.25, 0.3) is 0 Å². The average Bonchev–Trinajstić information content (AvgIpc) is 2.37. The van der Waals surface area contributed by atoms with E-state index >= 15 is 0 Å². The first-order valence-corrected chi connectivity index (χ1v) is 8.09. The Labute approximate surface area is 133 Å². The van der Waals surface area contributed by atoms with Crippen LogP contribution in [0.4, 0.5) is 0 Å². The summed E-state index contributed by atoms with van der Waals surface area (Å²) in [6.45, 7) is 15.0. The summed E-state index contributed by atoms with van der Waals surface area (Å²) in [4.78, 5) is 0. The first-order valence-electron chi connectivity index (χ1n) is 8.09. The first-order chi connectivity index (χ1) is 8.24. The minimum Gasteiger partial charge on any atom is -1.00 e. The van der Waals surface area contributed by atoms with Crippen LogP contribution in [0.1, 0.15) is 79.1 Å². The summed E-state index contributed by atoms with van der Waals surface area (Å²) >= 11 is 0. The molecule has 0 fully saturated rings. The summed E-state index contributed by atoms with van der Waals surface area (Å²) in [6, 6.07) is 0. The number of nitrogens with zero attached hydrogens (tertiary/aromatic N) is 1. The predicted molar refractivity (Wildman–Crippen MR) is 85.1 cm³/mol. The molecular weight excluding hydrogens is 232 g/mol. The second-order valence-corrected chi connectivity index (χ2v) is 5.65. The van der Waals surface area contributed by atoms with Gasteiger partial charge in [0.15, 0.2) is 0 Å². The minimum absolute atomic E-state index is 0. The van der Waals surface area contributed by atoms with Crippen LogP contribution in [0, 0.1) is 0 Å². The topological polar surface area (TPSA) is 0 Å². The normalized spacial score (nSPS) is 10.7. The van der Waals surface area contributed by atoms with Crippen molar-refractivity contribution >= 4 is 18.9 Å². The van der Waals surface area contributed by atoms with Gasteiger partial charge in [0.2, 0.25) is 0 Å². The summed E-state index contributed by atoms with van der Waals surface area (Å²) in [6.07, 6.45) is 11.1. The molecule has 0 heterocycles. The van der Waals surface area contributed by atoms with Crippen LogP contribution >= 0.6 is 0 Å². The van der Waals surface area contributed by atoms with Crippen LogP contribution in [-0.4, -0.2) is 49.5 Å². The second-order valence-electron chi connectivity index (χ2n) is 5.65. The van der Waals surface area contributed by atoms with E-state index in [0.717, 1.165) is 0 Å². The Hall–Kier alpha value is 0.487. The smallest absolute Gasteiger partial charge is 0.0786 e. The van der Waals surface area contributed by atoms with E-state index < -0.39 is 0 Å². The molecule has 0 saturated heterocycles. The van der Waals surface area contributed by atoms with Crippen molar-refractivity contribution in [1.82, 2.24) is 0 Å². The minimum atomic E-state index is 0. The molecule has 19 heavy (non-hydrogen) atoms. The van der Waals surface area contributed by atoms with Crippen molar-refractivity contribution in [3.8, 4) is 0 Å². The summed E-state index contributed by atoms with van der Waals surface area (Å²) in [5.41, 5.74) is 0. The molecule has 0 aromatic heterocycles. The van der Waals surface area contributed by atoms with E-state index in [4.69, 9.17) is 0 Å². The Balaban J connectivity index is -0.00000128. The Morgan fingerprint density at radius 1 is 0.526 bits per heavy atom. The van der Waals surface area contributed by atoms with E-state index in [9.17, 15) is 0 Å². The van der Waals surface area contributed by atoms with Crippen LogP contribution in [0.3, 0.4) is 0 Å². The van der Waals surface area contributed by atoms with Gasteiger partial charge in [0.25, 0.3) is 0 Å². The quantitative estimate of drug-likeness (QED) is 0.373. The van der Waals surface area contributed by atoms with Gasteiger partial charge in [-0.15, -0.1) is 0 Å². The fourth-order valence-corrected chi connectivity index (χ4v) is 2.64. The maximum atomic E-state index is 2.33. The van der Waals surface area contributed by atoms with Gasteiger partial charge in [-0.25, -0.2) is 0 Å². The van der Waals surface area contributed by atoms with Crippen LogP contribution in [0.2, 0.25) is 0 Å². The summed E-state index contributed by atoms with van der Waals surface area (Å²) < 4.78 is 1.42. The molecule has 0 aromatic rings. The third kappa shape index (κ3) is 12.0. The second kappa shape index (κ2) is 16.5. The zero-order chi connectivity index (χ0) is 13.0. The summed E-state index contributed by atoms with van der Waals surface area (Å²) in [5.74, 6) is 0. The fourth-order valence-electron chi connectivity index (χ4n) is 2.64. The van der Waals surface area contributed by atoms with Gasteiger partial charge in [-0.3, -0.25) is 0 Å². The zero-order valence-electron chi connectivity index (χ0n) is 14.3. The number of hydrogen-bond acceptors (Lipinski definition) is 0. The van der Waals surface area contributed by atoms with Crippen molar-refractivity contribution in [1.29, 1.82) is 0 Å².